The van der Waals surface area contributed by atoms with Crippen LogP contribution in [0.4, 0.5) is 9.80 Å². The second kappa shape index (κ2) is 7.67. The Morgan fingerprint density at radius 1 is 1.17 bits per heavy atom. The van der Waals surface area contributed by atoms with Crippen molar-refractivity contribution in [2.24, 2.45) is 5.73 Å². The molecular weight excluding hydrogens is 392 g/mol. The average molecular weight is 412 g/mol. The highest BCUT2D eigenvalue weighted by molar-refractivity contribution is 7.17. The third-order valence-electron chi connectivity index (χ3n) is 5.13. The van der Waals surface area contributed by atoms with Crippen LogP contribution in [-0.2, 0) is 22.4 Å². The van der Waals surface area contributed by atoms with Crippen molar-refractivity contribution in [1.29, 1.82) is 0 Å². The molecule has 1 aromatic heterocycles. The lowest BCUT2D eigenvalue weighted by molar-refractivity contribution is -0.130. The molecule has 0 bridgehead atoms. The Balaban J connectivity index is 1.49. The molecule has 4 N–H and O–H groups in total. The van der Waals surface area contributed by atoms with Crippen LogP contribution in [0.3, 0.4) is 0 Å². The average Bonchev–Trinajstić information content (AvgIpc) is 3.20. The number of hydrogen-bond donors (Lipinski definition) is 3. The van der Waals surface area contributed by atoms with E-state index >= 15 is 0 Å². The molecule has 29 heavy (non-hydrogen) atoms. The number of carbonyl (C=O) groups excluding carboxylic acids is 4. The van der Waals surface area contributed by atoms with Crippen molar-refractivity contribution < 1.29 is 19.2 Å². The van der Waals surface area contributed by atoms with E-state index in [1.165, 1.54) is 11.3 Å². The number of nitrogens with zero attached hydrogens (tertiary/aromatic N) is 1. The Labute approximate surface area is 171 Å². The van der Waals surface area contributed by atoms with Gasteiger partial charge in [0, 0.05) is 4.88 Å². The van der Waals surface area contributed by atoms with Gasteiger partial charge in [0.05, 0.1) is 5.56 Å². The van der Waals surface area contributed by atoms with E-state index in [1.54, 1.807) is 24.3 Å². The smallest absolute Gasteiger partial charge is 0.325 e. The van der Waals surface area contributed by atoms with Crippen molar-refractivity contribution in [2.45, 2.75) is 31.7 Å². The number of benzene rings is 1. The molecule has 1 saturated heterocycles. The molecule has 1 aliphatic heterocycles. The van der Waals surface area contributed by atoms with E-state index in [-0.39, 0.29) is 0 Å². The van der Waals surface area contributed by atoms with Gasteiger partial charge in [-0.2, -0.15) is 0 Å². The van der Waals surface area contributed by atoms with E-state index in [1.807, 2.05) is 6.07 Å². The molecule has 0 radical (unpaired) electrons. The van der Waals surface area contributed by atoms with Gasteiger partial charge in [-0.05, 0) is 36.8 Å². The third-order valence-corrected chi connectivity index (χ3v) is 6.34. The van der Waals surface area contributed by atoms with Gasteiger partial charge in [-0.1, -0.05) is 30.3 Å². The van der Waals surface area contributed by atoms with Crippen molar-refractivity contribution in [1.82, 2.24) is 10.2 Å². The number of carbonyl (C=O) groups is 4. The zero-order valence-electron chi connectivity index (χ0n) is 15.6. The van der Waals surface area contributed by atoms with Crippen LogP contribution in [0, 0.1) is 0 Å². The Bertz CT molecular complexity index is 1000. The fraction of sp³-hybridized carbons (Fsp3) is 0.300. The summed E-state index contributed by atoms with van der Waals surface area (Å²) in [4.78, 5) is 51.3. The Morgan fingerprint density at radius 3 is 2.62 bits per heavy atom. The van der Waals surface area contributed by atoms with Crippen LogP contribution in [0.5, 0.6) is 0 Å². The fourth-order valence-electron chi connectivity index (χ4n) is 3.76. The Hall–Kier alpha value is -3.20. The van der Waals surface area contributed by atoms with Crippen molar-refractivity contribution in [3.8, 4) is 0 Å². The van der Waals surface area contributed by atoms with Gasteiger partial charge in [-0.3, -0.25) is 19.3 Å². The van der Waals surface area contributed by atoms with Gasteiger partial charge in [-0.15, -0.1) is 11.3 Å². The fourth-order valence-corrected chi connectivity index (χ4v) is 5.08. The minimum absolute atomic E-state index is 0.345. The number of nitrogens with one attached hydrogen (secondary N) is 2. The molecule has 5 amide bonds. The highest BCUT2D eigenvalue weighted by Crippen LogP contribution is 2.37. The van der Waals surface area contributed by atoms with Gasteiger partial charge in [0.1, 0.15) is 17.6 Å². The molecule has 0 saturated carbocycles. The van der Waals surface area contributed by atoms with Gasteiger partial charge in [0.2, 0.25) is 5.91 Å². The minimum atomic E-state index is -0.813. The second-order valence-electron chi connectivity index (χ2n) is 7.05. The van der Waals surface area contributed by atoms with Crippen molar-refractivity contribution in [3.05, 3.63) is 51.9 Å². The van der Waals surface area contributed by atoms with Gasteiger partial charge in [0.25, 0.3) is 11.8 Å². The number of rotatable bonds is 5. The zero-order chi connectivity index (χ0) is 20.5. The molecule has 150 valence electrons. The third kappa shape index (κ3) is 3.61. The van der Waals surface area contributed by atoms with Gasteiger partial charge in [-0.25, -0.2) is 4.79 Å². The van der Waals surface area contributed by atoms with E-state index in [4.69, 9.17) is 5.73 Å². The molecule has 1 atom stereocenters. The maximum absolute atomic E-state index is 12.6. The van der Waals surface area contributed by atoms with Crippen LogP contribution in [-0.4, -0.2) is 35.2 Å². The molecule has 1 aliphatic carbocycles. The molecule has 8 nitrogen and oxygen atoms in total. The molecule has 1 unspecified atom stereocenters. The standard InChI is InChI=1S/C20H20N4O4S/c21-17(26)15-12-8-4-5-9-13(12)29-18(15)22-14(25)10-24-19(27)16(23-20(24)28)11-6-2-1-3-7-11/h1-3,6-7,16H,4-5,8-10H2,(H2,21,26)(H,22,25)(H,23,28). The summed E-state index contributed by atoms with van der Waals surface area (Å²) in [6.45, 7) is -0.436. The topological polar surface area (TPSA) is 122 Å². The summed E-state index contributed by atoms with van der Waals surface area (Å²) in [6.07, 6.45) is 3.61. The summed E-state index contributed by atoms with van der Waals surface area (Å²) in [5.74, 6) is -1.63. The van der Waals surface area contributed by atoms with Gasteiger partial charge >= 0.3 is 6.03 Å². The van der Waals surface area contributed by atoms with Crippen LogP contribution in [0.2, 0.25) is 0 Å². The number of urea groups is 1. The summed E-state index contributed by atoms with van der Waals surface area (Å²) in [6, 6.07) is 7.39. The summed E-state index contributed by atoms with van der Waals surface area (Å²) in [5, 5.41) is 5.66. The molecular formula is C20H20N4O4S. The summed E-state index contributed by atoms with van der Waals surface area (Å²) >= 11 is 1.34. The molecule has 1 aromatic carbocycles. The Kier molecular flexibility index (Phi) is 5.06. The molecule has 1 fully saturated rings. The van der Waals surface area contributed by atoms with Crippen molar-refractivity contribution in [3.63, 3.8) is 0 Å². The number of primary amides is 1. The molecule has 2 aliphatic rings. The van der Waals surface area contributed by atoms with Crippen LogP contribution in [0.1, 0.15) is 45.2 Å². The second-order valence-corrected chi connectivity index (χ2v) is 8.15. The van der Waals surface area contributed by atoms with Crippen LogP contribution < -0.4 is 16.4 Å². The maximum Gasteiger partial charge on any atom is 0.325 e. The number of anilines is 1. The predicted molar refractivity (Wildman–Crippen MR) is 108 cm³/mol. The lowest BCUT2D eigenvalue weighted by Gasteiger charge is -2.13. The van der Waals surface area contributed by atoms with Crippen LogP contribution >= 0.6 is 11.3 Å². The first-order valence-electron chi connectivity index (χ1n) is 9.36. The number of hydrogen-bond acceptors (Lipinski definition) is 5. The highest BCUT2D eigenvalue weighted by atomic mass is 32.1. The first kappa shape index (κ1) is 19.1. The number of fused-ring (bicyclic) bond motifs is 1. The van der Waals surface area contributed by atoms with E-state index < -0.39 is 36.3 Å². The van der Waals surface area contributed by atoms with E-state index in [0.717, 1.165) is 41.0 Å². The molecule has 2 aromatic rings. The summed E-state index contributed by atoms with van der Waals surface area (Å²) in [7, 11) is 0. The summed E-state index contributed by atoms with van der Waals surface area (Å²) < 4.78 is 0. The van der Waals surface area contributed by atoms with Gasteiger partial charge in [0.15, 0.2) is 0 Å². The van der Waals surface area contributed by atoms with Crippen LogP contribution in [0.15, 0.2) is 30.3 Å². The minimum Gasteiger partial charge on any atom is -0.365 e. The summed E-state index contributed by atoms with van der Waals surface area (Å²) in [5.41, 5.74) is 7.44. The van der Waals surface area contributed by atoms with Crippen molar-refractivity contribution >= 4 is 40.1 Å². The lowest BCUT2D eigenvalue weighted by atomic mass is 9.95. The number of nitrogens with two attached hydrogens (primary N) is 1. The monoisotopic (exact) mass is 412 g/mol. The first-order chi connectivity index (χ1) is 14.0. The Morgan fingerprint density at radius 2 is 1.90 bits per heavy atom. The number of thiophene rings is 1. The van der Waals surface area contributed by atoms with E-state index in [0.29, 0.717) is 16.1 Å². The number of aryl methyl sites for hydroxylation is 1. The van der Waals surface area contributed by atoms with E-state index in [2.05, 4.69) is 10.6 Å². The molecule has 9 heteroatoms. The number of imide groups is 1. The molecule has 4 rings (SSSR count). The van der Waals surface area contributed by atoms with Crippen molar-refractivity contribution in [2.75, 3.05) is 11.9 Å². The predicted octanol–water partition coefficient (Wildman–Crippen LogP) is 1.96. The molecule has 2 heterocycles. The van der Waals surface area contributed by atoms with Gasteiger partial charge < -0.3 is 16.4 Å². The highest BCUT2D eigenvalue weighted by Gasteiger charge is 2.40. The van der Waals surface area contributed by atoms with E-state index in [9.17, 15) is 19.2 Å². The largest absolute Gasteiger partial charge is 0.365 e. The lowest BCUT2D eigenvalue weighted by Crippen LogP contribution is -2.38. The maximum atomic E-state index is 12.6. The quantitative estimate of drug-likeness (QED) is 0.650. The van der Waals surface area contributed by atoms with Crippen LogP contribution in [0.25, 0.3) is 0 Å². The normalized spacial score (nSPS) is 18.3. The number of amides is 5. The SMILES string of the molecule is NC(=O)c1c(NC(=O)CN2C(=O)NC(c3ccccc3)C2=O)sc2c1CCCC2. The molecule has 0 spiro atoms. The first-order valence-corrected chi connectivity index (χ1v) is 10.2. The zero-order valence-corrected chi connectivity index (χ0v) is 16.4.